The fraction of sp³-hybridized carbons (Fsp3) is 0.565. The van der Waals surface area contributed by atoms with Gasteiger partial charge in [0.1, 0.15) is 17.9 Å². The van der Waals surface area contributed by atoms with E-state index >= 15 is 0 Å². The molecule has 10 nitrogen and oxygen atoms in total. The second-order valence-electron chi connectivity index (χ2n) is 17.8. The highest BCUT2D eigenvalue weighted by atomic mass is 16.7. The number of nitrogens with one attached hydrogen (secondary N) is 1. The SMILES string of the molecule is COc1c(CN2O[C@@H](CO)[C@H]([C@H](C)O)[C@H]2C(=O)N[C@H]2C[C@H]3C[C@@H]([C@@H]2C)C3(C)C)cccc1-c1ccc(C(=O)C[C@@H](Cc2ccccc2)CN(C)C)c(N(C)C)c1. The summed E-state index contributed by atoms with van der Waals surface area (Å²) in [6.45, 7) is 9.26. The number of fused-ring (bicyclic) bond motifs is 2. The smallest absolute Gasteiger partial charge is 0.240 e. The van der Waals surface area contributed by atoms with E-state index in [1.54, 1.807) is 19.1 Å². The highest BCUT2D eigenvalue weighted by molar-refractivity contribution is 6.02. The van der Waals surface area contributed by atoms with Crippen LogP contribution in [-0.2, 0) is 22.6 Å². The molecule has 1 amide bonds. The maximum Gasteiger partial charge on any atom is 0.240 e. The first-order chi connectivity index (χ1) is 26.6. The normalized spacial score (nSPS) is 26.7. The van der Waals surface area contributed by atoms with Gasteiger partial charge in [-0.2, -0.15) is 5.06 Å². The number of hydrogen-bond acceptors (Lipinski definition) is 9. The molecule has 10 heteroatoms. The number of carbonyl (C=O) groups excluding carboxylic acids is 2. The van der Waals surface area contributed by atoms with Crippen LogP contribution in [0.4, 0.5) is 5.69 Å². The molecule has 56 heavy (non-hydrogen) atoms. The quantitative estimate of drug-likeness (QED) is 0.149. The minimum absolute atomic E-state index is 0.0466. The summed E-state index contributed by atoms with van der Waals surface area (Å²) in [5.41, 5.74) is 5.53. The van der Waals surface area contributed by atoms with E-state index in [9.17, 15) is 19.8 Å². The Balaban J connectivity index is 1.25. The number of carbonyl (C=O) groups is 2. The van der Waals surface area contributed by atoms with Gasteiger partial charge in [0.2, 0.25) is 5.91 Å². The van der Waals surface area contributed by atoms with E-state index in [0.717, 1.165) is 41.8 Å². The lowest BCUT2D eigenvalue weighted by atomic mass is 9.45. The maximum absolute atomic E-state index is 14.3. The summed E-state index contributed by atoms with van der Waals surface area (Å²) >= 11 is 0. The number of amides is 1. The third-order valence-electron chi connectivity index (χ3n) is 13.2. The van der Waals surface area contributed by atoms with Gasteiger partial charge in [0.05, 0.1) is 26.4 Å². The van der Waals surface area contributed by atoms with Gasteiger partial charge in [-0.05, 0) is 92.6 Å². The average Bonchev–Trinajstić information content (AvgIpc) is 3.53. The van der Waals surface area contributed by atoms with Crippen LogP contribution < -0.4 is 15.0 Å². The van der Waals surface area contributed by atoms with E-state index in [1.165, 1.54) is 12.0 Å². The molecule has 4 fully saturated rings. The van der Waals surface area contributed by atoms with Crippen molar-refractivity contribution in [1.29, 1.82) is 0 Å². The Morgan fingerprint density at radius 1 is 1.04 bits per heavy atom. The average molecular weight is 769 g/mol. The zero-order valence-electron chi connectivity index (χ0n) is 34.9. The molecule has 0 radical (unpaired) electrons. The number of methoxy groups -OCH3 is 1. The molecule has 2 bridgehead atoms. The van der Waals surface area contributed by atoms with Crippen molar-refractivity contribution in [3.8, 4) is 16.9 Å². The van der Waals surface area contributed by atoms with Crippen molar-refractivity contribution in [2.45, 2.75) is 84.2 Å². The second kappa shape index (κ2) is 17.4. The summed E-state index contributed by atoms with van der Waals surface area (Å²) in [5, 5.41) is 26.3. The number of aliphatic hydroxyl groups is 2. The number of benzene rings is 3. The van der Waals surface area contributed by atoms with Crippen LogP contribution in [0.25, 0.3) is 11.1 Å². The largest absolute Gasteiger partial charge is 0.496 e. The van der Waals surface area contributed by atoms with Crippen LogP contribution in [0.3, 0.4) is 0 Å². The van der Waals surface area contributed by atoms with Crippen LogP contribution >= 0.6 is 0 Å². The number of hydroxylamine groups is 2. The molecule has 1 aliphatic heterocycles. The topological polar surface area (TPSA) is 115 Å². The molecule has 0 unspecified atom stereocenters. The molecule has 4 aliphatic rings. The van der Waals surface area contributed by atoms with Crippen molar-refractivity contribution in [2.24, 2.45) is 35.0 Å². The minimum Gasteiger partial charge on any atom is -0.496 e. The van der Waals surface area contributed by atoms with E-state index in [-0.39, 0.29) is 42.2 Å². The number of hydrogen-bond donors (Lipinski definition) is 3. The summed E-state index contributed by atoms with van der Waals surface area (Å²) < 4.78 is 6.09. The Labute approximate surface area is 334 Å². The zero-order valence-corrected chi connectivity index (χ0v) is 34.9. The second-order valence-corrected chi connectivity index (χ2v) is 17.8. The van der Waals surface area contributed by atoms with Crippen LogP contribution in [-0.4, -0.2) is 105 Å². The maximum atomic E-state index is 14.3. The van der Waals surface area contributed by atoms with Crippen LogP contribution in [0, 0.1) is 35.0 Å². The van der Waals surface area contributed by atoms with Crippen LogP contribution in [0.2, 0.25) is 0 Å². The molecule has 3 aliphatic carbocycles. The molecule has 9 atom stereocenters. The lowest BCUT2D eigenvalue weighted by molar-refractivity contribution is -0.183. The molecule has 7 rings (SSSR count). The first-order valence-corrected chi connectivity index (χ1v) is 20.4. The van der Waals surface area contributed by atoms with Gasteiger partial charge in [-0.25, -0.2) is 0 Å². The first-order valence-electron chi connectivity index (χ1n) is 20.4. The van der Waals surface area contributed by atoms with Gasteiger partial charge in [-0.3, -0.25) is 14.4 Å². The Morgan fingerprint density at radius 3 is 2.38 bits per heavy atom. The van der Waals surface area contributed by atoms with E-state index in [2.05, 4.69) is 43.1 Å². The van der Waals surface area contributed by atoms with Crippen molar-refractivity contribution in [2.75, 3.05) is 53.4 Å². The van der Waals surface area contributed by atoms with Gasteiger partial charge in [-0.15, -0.1) is 0 Å². The summed E-state index contributed by atoms with van der Waals surface area (Å²) in [5.74, 6) is 1.55. The number of nitrogens with zero attached hydrogens (tertiary/aromatic N) is 3. The number of rotatable bonds is 16. The van der Waals surface area contributed by atoms with Gasteiger partial charge in [0.25, 0.3) is 0 Å². The predicted molar refractivity (Wildman–Crippen MR) is 221 cm³/mol. The lowest BCUT2D eigenvalue weighted by Crippen LogP contribution is -2.62. The highest BCUT2D eigenvalue weighted by Crippen LogP contribution is 2.61. The Bertz CT molecular complexity index is 1830. The Morgan fingerprint density at radius 2 is 1.77 bits per heavy atom. The van der Waals surface area contributed by atoms with Gasteiger partial charge >= 0.3 is 0 Å². The lowest BCUT2D eigenvalue weighted by Gasteiger charge is -2.62. The zero-order chi connectivity index (χ0) is 40.5. The fourth-order valence-electron chi connectivity index (χ4n) is 10.2. The Hall–Kier alpha value is -3.80. The summed E-state index contributed by atoms with van der Waals surface area (Å²) in [4.78, 5) is 38.7. The first kappa shape index (κ1) is 41.8. The predicted octanol–water partition coefficient (Wildman–Crippen LogP) is 6.08. The molecule has 1 heterocycles. The van der Waals surface area contributed by atoms with Crippen LogP contribution in [0.5, 0.6) is 5.75 Å². The Kier molecular flexibility index (Phi) is 13.0. The van der Waals surface area contributed by atoms with Crippen molar-refractivity contribution < 1.29 is 29.4 Å². The monoisotopic (exact) mass is 768 g/mol. The molecule has 3 aromatic carbocycles. The van der Waals surface area contributed by atoms with Crippen LogP contribution in [0.1, 0.15) is 68.4 Å². The number of ether oxygens (including phenoxy) is 1. The van der Waals surface area contributed by atoms with E-state index in [0.29, 0.717) is 35.5 Å². The summed E-state index contributed by atoms with van der Waals surface area (Å²) in [7, 11) is 9.63. The number of anilines is 1. The molecule has 1 saturated heterocycles. The molecule has 0 aromatic heterocycles. The standard InChI is InChI=1S/C46H64N4O6/c1-28-37-23-34(46(37,3)4)24-38(28)47-45(54)43-42(29(2)52)41(27-51)56-50(43)26-33-16-13-17-35(44(33)55-9)32-18-19-36(39(22-32)49(7)8)40(53)21-31(25-48(5)6)20-30-14-11-10-12-15-30/h10-19,22,28-29,31,34,37-38,41-43,51-52H,20-21,23-27H2,1-9H3,(H,47,54)/t28-,29-,31+,34+,37-,38-,41-,42-,43-/m0/s1. The van der Waals surface area contributed by atoms with E-state index in [1.807, 2.05) is 87.7 Å². The van der Waals surface area contributed by atoms with Crippen LogP contribution in [0.15, 0.2) is 66.7 Å². The number of aliphatic hydroxyl groups excluding tert-OH is 2. The third kappa shape index (κ3) is 8.55. The molecule has 3 saturated carbocycles. The summed E-state index contributed by atoms with van der Waals surface area (Å²) in [6.07, 6.45) is 1.76. The number of ketones is 1. The van der Waals surface area contributed by atoms with Crippen molar-refractivity contribution >= 4 is 17.4 Å². The van der Waals surface area contributed by atoms with Gasteiger partial charge < -0.3 is 30.1 Å². The summed E-state index contributed by atoms with van der Waals surface area (Å²) in [6, 6.07) is 21.4. The molecule has 3 aromatic rings. The van der Waals surface area contributed by atoms with E-state index in [4.69, 9.17) is 9.57 Å². The molecule has 3 N–H and O–H groups in total. The number of Topliss-reactive ketones (excluding diaryl/α,β-unsaturated/α-hetero) is 1. The third-order valence-corrected chi connectivity index (χ3v) is 13.2. The highest BCUT2D eigenvalue weighted by Gasteiger charge is 2.57. The van der Waals surface area contributed by atoms with Gasteiger partial charge in [0, 0.05) is 61.4 Å². The fourth-order valence-corrected chi connectivity index (χ4v) is 10.2. The molecular weight excluding hydrogens is 705 g/mol. The minimum atomic E-state index is -0.889. The van der Waals surface area contributed by atoms with Crippen molar-refractivity contribution in [3.63, 3.8) is 0 Å². The van der Waals surface area contributed by atoms with Gasteiger partial charge in [0.15, 0.2) is 5.78 Å². The molecular formula is C46H64N4O6. The number of para-hydroxylation sites is 1. The van der Waals surface area contributed by atoms with Crippen molar-refractivity contribution in [1.82, 2.24) is 15.3 Å². The van der Waals surface area contributed by atoms with Crippen molar-refractivity contribution in [3.05, 3.63) is 83.4 Å². The molecule has 304 valence electrons. The molecule has 0 spiro atoms. The van der Waals surface area contributed by atoms with Gasteiger partial charge in [-0.1, -0.05) is 75.4 Å². The van der Waals surface area contributed by atoms with E-state index < -0.39 is 24.2 Å².